The third kappa shape index (κ3) is 3.76. The molecule has 0 unspecified atom stereocenters. The summed E-state index contributed by atoms with van der Waals surface area (Å²) in [6.07, 6.45) is 0. The van der Waals surface area contributed by atoms with E-state index < -0.39 is 11.2 Å². The van der Waals surface area contributed by atoms with Crippen molar-refractivity contribution in [3.63, 3.8) is 0 Å². The average molecular weight is 426 g/mol. The lowest BCUT2D eigenvalue weighted by molar-refractivity contribution is -0.0893. The van der Waals surface area contributed by atoms with Crippen LogP contribution in [-0.2, 0) is 10.1 Å². The Kier molecular flexibility index (Phi) is 5.51. The van der Waals surface area contributed by atoms with Crippen LogP contribution in [0.2, 0.25) is 0 Å². The highest BCUT2D eigenvalue weighted by Crippen LogP contribution is 2.43. The molecule has 0 bridgehead atoms. The molecule has 0 aliphatic carbocycles. The van der Waals surface area contributed by atoms with Crippen LogP contribution in [0.25, 0.3) is 16.6 Å². The molecule has 165 valence electrons. The number of rotatable bonds is 4. The first-order valence-electron chi connectivity index (χ1n) is 11.3. The minimum Gasteiger partial charge on any atom is -0.427 e. The van der Waals surface area contributed by atoms with Crippen LogP contribution in [-0.4, -0.2) is 28.4 Å². The number of hydrogen-bond acceptors (Lipinski definition) is 2. The summed E-state index contributed by atoms with van der Waals surface area (Å²) < 4.78 is 8.42. The van der Waals surface area contributed by atoms with Gasteiger partial charge in [0.1, 0.15) is 0 Å². The predicted molar refractivity (Wildman–Crippen MR) is 135 cm³/mol. The molecule has 3 aromatic rings. The molecule has 0 atom stereocenters. The maximum absolute atomic E-state index is 10.4. The Morgan fingerprint density at radius 2 is 1.56 bits per heavy atom. The molecule has 0 saturated heterocycles. The van der Waals surface area contributed by atoms with Gasteiger partial charge in [-0.15, -0.1) is 0 Å². The van der Waals surface area contributed by atoms with E-state index in [1.165, 1.54) is 33.4 Å². The molecule has 1 N–H and O–H groups in total. The summed E-state index contributed by atoms with van der Waals surface area (Å²) in [5, 5.41) is 11.7. The van der Waals surface area contributed by atoms with Gasteiger partial charge in [0.25, 0.3) is 0 Å². The zero-order valence-corrected chi connectivity index (χ0v) is 20.2. The molecule has 0 amide bonds. The van der Waals surface area contributed by atoms with Crippen molar-refractivity contribution in [2.75, 3.05) is 0 Å². The largest absolute Gasteiger partial charge is 0.427 e. The summed E-state index contributed by atoms with van der Waals surface area (Å²) in [6.45, 7) is 14.1. The molecule has 1 aromatic heterocycles. The minimum atomic E-state index is -0.960. The van der Waals surface area contributed by atoms with Gasteiger partial charge in [0.15, 0.2) is 0 Å². The lowest BCUT2D eigenvalue weighted by Gasteiger charge is -2.38. The molecule has 1 radical (unpaired) electrons. The van der Waals surface area contributed by atoms with Gasteiger partial charge in [-0.2, -0.15) is 0 Å². The van der Waals surface area contributed by atoms with Crippen LogP contribution in [0, 0.1) is 6.92 Å². The second-order valence-corrected chi connectivity index (χ2v) is 10.3. The highest BCUT2D eigenvalue weighted by Gasteiger charge is 2.37. The minimum absolute atomic E-state index is 0.178. The number of fused-ring (bicyclic) bond motifs is 2. The third-order valence-corrected chi connectivity index (χ3v) is 7.05. The molecule has 0 fully saturated rings. The maximum Gasteiger partial charge on any atom is 0.330 e. The maximum atomic E-state index is 10.4. The van der Waals surface area contributed by atoms with Crippen LogP contribution in [0.15, 0.2) is 66.7 Å². The number of hydrogen-bond donors (Lipinski definition) is 1. The van der Waals surface area contributed by atoms with Crippen molar-refractivity contribution in [3.05, 3.63) is 83.6 Å². The summed E-state index contributed by atoms with van der Waals surface area (Å²) in [5.41, 5.74) is 5.30. The zero-order chi connectivity index (χ0) is 23.3. The molecular weight excluding hydrogens is 393 g/mol. The van der Waals surface area contributed by atoms with Gasteiger partial charge in [0, 0.05) is 16.8 Å². The summed E-state index contributed by atoms with van der Waals surface area (Å²) in [5.74, 6) is 0. The highest BCUT2D eigenvalue weighted by molar-refractivity contribution is 6.47. The first-order chi connectivity index (χ1) is 14.9. The Morgan fingerprint density at radius 3 is 2.28 bits per heavy atom. The van der Waals surface area contributed by atoms with E-state index in [-0.39, 0.29) is 5.41 Å². The topological polar surface area (TPSA) is 34.4 Å². The number of aryl methyl sites for hydroxylation is 1. The van der Waals surface area contributed by atoms with Crippen molar-refractivity contribution < 1.29 is 9.76 Å². The van der Waals surface area contributed by atoms with Crippen LogP contribution in [0.5, 0.6) is 0 Å². The standard InChI is InChI=1S/C28H33BNO2/c1-19-12-9-8-10-13-20-14-11-15-22-25(20)30(19)24-17-16-21(18-23(24)26(22,2)3)29-32-28(6,7)27(4,5)31/h8-18,31H,1-7H3. The number of aliphatic hydroxyl groups is 1. The monoisotopic (exact) mass is 426 g/mol. The number of para-hydroxylation sites is 1. The Bertz CT molecular complexity index is 1230. The summed E-state index contributed by atoms with van der Waals surface area (Å²) >= 11 is 0. The lowest BCUT2D eigenvalue weighted by Crippen LogP contribution is -2.49. The molecule has 2 heterocycles. The van der Waals surface area contributed by atoms with E-state index in [1.54, 1.807) is 21.3 Å². The van der Waals surface area contributed by atoms with E-state index in [4.69, 9.17) is 4.65 Å². The quantitative estimate of drug-likeness (QED) is 0.558. The lowest BCUT2D eigenvalue weighted by atomic mass is 9.72. The molecule has 4 heteroatoms. The molecule has 1 aliphatic heterocycles. The van der Waals surface area contributed by atoms with Crippen LogP contribution in [0.3, 0.4) is 0 Å². The Labute approximate surface area is 192 Å². The van der Waals surface area contributed by atoms with Crippen LogP contribution in [0.4, 0.5) is 0 Å². The van der Waals surface area contributed by atoms with Crippen molar-refractivity contribution in [1.82, 2.24) is 4.57 Å². The van der Waals surface area contributed by atoms with Crippen molar-refractivity contribution in [1.29, 1.82) is 0 Å². The smallest absolute Gasteiger partial charge is 0.330 e. The second-order valence-electron chi connectivity index (χ2n) is 10.3. The number of benzene rings is 2. The van der Waals surface area contributed by atoms with Crippen LogP contribution >= 0.6 is 0 Å². The van der Waals surface area contributed by atoms with Gasteiger partial charge < -0.3 is 14.3 Å². The Balaban J connectivity index is 1.92. The van der Waals surface area contributed by atoms with Crippen molar-refractivity contribution in [2.45, 2.75) is 65.1 Å². The van der Waals surface area contributed by atoms with Gasteiger partial charge in [-0.1, -0.05) is 73.9 Å². The van der Waals surface area contributed by atoms with Crippen LogP contribution < -0.4 is 5.46 Å². The molecule has 1 aliphatic rings. The molecule has 2 aromatic carbocycles. The molecule has 4 rings (SSSR count). The van der Waals surface area contributed by atoms with E-state index in [0.717, 1.165) is 5.46 Å². The van der Waals surface area contributed by atoms with Gasteiger partial charge in [-0.05, 0) is 63.3 Å². The van der Waals surface area contributed by atoms with Gasteiger partial charge in [-0.3, -0.25) is 0 Å². The normalized spacial score (nSPS) is 14.6. The third-order valence-electron chi connectivity index (χ3n) is 7.05. The fraction of sp³-hybridized carbons (Fsp3) is 0.357. The molecule has 32 heavy (non-hydrogen) atoms. The number of nitrogens with zero attached hydrogens (tertiary/aromatic N) is 1. The van der Waals surface area contributed by atoms with Gasteiger partial charge in [-0.25, -0.2) is 0 Å². The fourth-order valence-electron chi connectivity index (χ4n) is 4.26. The summed E-state index contributed by atoms with van der Waals surface area (Å²) in [4.78, 5) is 0. The van der Waals surface area contributed by atoms with E-state index >= 15 is 0 Å². The Morgan fingerprint density at radius 1 is 0.875 bits per heavy atom. The zero-order valence-electron chi connectivity index (χ0n) is 20.2. The van der Waals surface area contributed by atoms with Crippen LogP contribution in [0.1, 0.15) is 58.4 Å². The molecule has 3 nitrogen and oxygen atoms in total. The predicted octanol–water partition coefficient (Wildman–Crippen LogP) is 5.51. The summed E-state index contributed by atoms with van der Waals surface area (Å²) in [6, 6.07) is 23.7. The van der Waals surface area contributed by atoms with E-state index in [9.17, 15) is 5.11 Å². The van der Waals surface area contributed by atoms with Crippen molar-refractivity contribution in [3.8, 4) is 5.69 Å². The molecule has 0 spiro atoms. The van der Waals surface area contributed by atoms with E-state index in [1.807, 2.05) is 13.8 Å². The first kappa shape index (κ1) is 22.6. The van der Waals surface area contributed by atoms with Gasteiger partial charge >= 0.3 is 7.48 Å². The fourth-order valence-corrected chi connectivity index (χ4v) is 4.26. The average Bonchev–Trinajstić information content (AvgIpc) is 2.79. The molecular formula is C28H33BNO2. The van der Waals surface area contributed by atoms with E-state index in [0.29, 0.717) is 0 Å². The van der Waals surface area contributed by atoms with Crippen molar-refractivity contribution >= 4 is 23.8 Å². The summed E-state index contributed by atoms with van der Waals surface area (Å²) in [7, 11) is 1.77. The SMILES string of the molecule is Cc1cccccc2cccc3c2n1-c1ccc([B]OC(C)(C)C(C)(C)O)cc1C3(C)C. The second kappa shape index (κ2) is 7.79. The molecule has 0 saturated carbocycles. The van der Waals surface area contributed by atoms with Gasteiger partial charge in [0.05, 0.1) is 16.7 Å². The Hall–Kier alpha value is -2.56. The first-order valence-corrected chi connectivity index (χ1v) is 11.3. The van der Waals surface area contributed by atoms with Gasteiger partial charge in [0.2, 0.25) is 0 Å². The van der Waals surface area contributed by atoms with Crippen molar-refractivity contribution in [2.24, 2.45) is 0 Å². The van der Waals surface area contributed by atoms with E-state index in [2.05, 4.69) is 92.1 Å². The number of aromatic nitrogens is 1. The highest BCUT2D eigenvalue weighted by atomic mass is 16.5.